The zero-order valence-corrected chi connectivity index (χ0v) is 27.1. The molecule has 6 rings (SSSR count). The Kier molecular flexibility index (Phi) is 8.47. The van der Waals surface area contributed by atoms with Crippen molar-refractivity contribution < 1.29 is 15.0 Å². The van der Waals surface area contributed by atoms with Gasteiger partial charge in [-0.2, -0.15) is 5.10 Å². The van der Waals surface area contributed by atoms with Gasteiger partial charge < -0.3 is 20.4 Å². The highest BCUT2D eigenvalue weighted by atomic mass is 32.1. The second-order valence-corrected chi connectivity index (χ2v) is 14.5. The summed E-state index contributed by atoms with van der Waals surface area (Å²) in [4.78, 5) is 31.1. The van der Waals surface area contributed by atoms with Crippen LogP contribution in [0.2, 0.25) is 0 Å². The maximum atomic E-state index is 13.7. The van der Waals surface area contributed by atoms with Crippen molar-refractivity contribution in [1.82, 2.24) is 34.9 Å². The third-order valence-electron chi connectivity index (χ3n) is 9.41. The number of hydrogen-bond acceptors (Lipinski definition) is 9. The van der Waals surface area contributed by atoms with Crippen LogP contribution in [0.15, 0.2) is 24.4 Å². The van der Waals surface area contributed by atoms with Crippen LogP contribution in [0.4, 0.5) is 0 Å². The minimum Gasteiger partial charge on any atom is -0.504 e. The molecule has 1 saturated heterocycles. The lowest BCUT2D eigenvalue weighted by Crippen LogP contribution is -2.38. The Morgan fingerprint density at radius 2 is 1.93 bits per heavy atom. The first-order valence-electron chi connectivity index (χ1n) is 15.7. The van der Waals surface area contributed by atoms with Gasteiger partial charge in [0, 0.05) is 31.5 Å². The number of pyridine rings is 2. The topological polar surface area (TPSA) is 129 Å². The van der Waals surface area contributed by atoms with Crippen molar-refractivity contribution in [3.05, 3.63) is 57.6 Å². The van der Waals surface area contributed by atoms with Gasteiger partial charge in [-0.15, -0.1) is 0 Å². The fourth-order valence-corrected chi connectivity index (χ4v) is 7.28. The van der Waals surface area contributed by atoms with Gasteiger partial charge in [-0.25, -0.2) is 19.6 Å². The molecule has 1 amide bonds. The number of likely N-dealkylation sites (tertiary alicyclic amines) is 1. The zero-order valence-electron chi connectivity index (χ0n) is 26.3. The van der Waals surface area contributed by atoms with E-state index in [0.717, 1.165) is 73.3 Å². The summed E-state index contributed by atoms with van der Waals surface area (Å²) in [6.45, 7) is 12.9. The number of fused-ring (bicyclic) bond motifs is 2. The van der Waals surface area contributed by atoms with Crippen LogP contribution >= 0.6 is 11.3 Å². The fourth-order valence-electron chi connectivity index (χ4n) is 6.43. The van der Waals surface area contributed by atoms with E-state index in [1.54, 1.807) is 24.7 Å². The van der Waals surface area contributed by atoms with Gasteiger partial charge in [0.1, 0.15) is 16.0 Å². The molecule has 44 heavy (non-hydrogen) atoms. The molecule has 0 unspecified atom stereocenters. The molecule has 1 aliphatic carbocycles. The van der Waals surface area contributed by atoms with E-state index in [0.29, 0.717) is 34.6 Å². The fraction of sp³-hybridized carbons (Fsp3) is 0.545. The number of aromatic hydroxyl groups is 1. The first-order chi connectivity index (χ1) is 21.0. The third-order valence-corrected chi connectivity index (χ3v) is 10.4. The summed E-state index contributed by atoms with van der Waals surface area (Å²) >= 11 is 1.35. The molecule has 4 aromatic heterocycles. The number of aliphatic hydroxyl groups excluding tert-OH is 1. The van der Waals surface area contributed by atoms with E-state index in [2.05, 4.69) is 47.1 Å². The van der Waals surface area contributed by atoms with Gasteiger partial charge in [0.2, 0.25) is 0 Å². The zero-order chi connectivity index (χ0) is 31.2. The number of thiazole rings is 1. The number of aryl methyl sites for hydroxylation is 2. The van der Waals surface area contributed by atoms with E-state index in [1.807, 2.05) is 12.1 Å². The monoisotopic (exact) mass is 617 g/mol. The summed E-state index contributed by atoms with van der Waals surface area (Å²) in [5.41, 5.74) is 5.48. The Morgan fingerprint density at radius 3 is 2.59 bits per heavy atom. The highest BCUT2D eigenvalue weighted by Crippen LogP contribution is 2.38. The van der Waals surface area contributed by atoms with E-state index >= 15 is 0 Å². The minimum atomic E-state index is -0.287. The number of nitrogens with zero attached hydrogens (tertiary/aromatic N) is 6. The summed E-state index contributed by atoms with van der Waals surface area (Å²) in [5.74, 6) is 1.14. The molecule has 1 fully saturated rings. The summed E-state index contributed by atoms with van der Waals surface area (Å²) in [5, 5.41) is 28.2. The number of amides is 1. The quantitative estimate of drug-likeness (QED) is 0.262. The van der Waals surface area contributed by atoms with Crippen molar-refractivity contribution in [3.8, 4) is 11.6 Å². The Hall–Kier alpha value is -3.41. The standard InChI is InChI=1S/C33H43N7O3S/c1-19-29(42)20(2)40(38-19)28-9-6-21(18-34-28)26(12-15-39-13-10-24(41)11-14-39)35-30(43)32-37-27-17-22-16-23(33(3,4)5)7-8-25(22)36-31(27)44-32/h6,9,17-18,23-24,26,41-42H,7-8,10-16H2,1-5H3,(H,35,43)/t23-,26+/m0/s1. The van der Waals surface area contributed by atoms with Crippen LogP contribution < -0.4 is 5.32 Å². The molecule has 10 nitrogen and oxygen atoms in total. The SMILES string of the molecule is Cc1nn(-c2ccc([C@@H](CCN3CCC(O)CC3)NC(=O)c3nc4cc5c(nc4s3)CC[C@H](C(C)(C)C)C5)cn2)c(C)c1O. The number of carbonyl (C=O) groups is 1. The largest absolute Gasteiger partial charge is 0.504 e. The molecule has 5 heterocycles. The predicted molar refractivity (Wildman–Crippen MR) is 171 cm³/mol. The Labute approximate surface area is 262 Å². The normalized spacial score (nSPS) is 18.8. The average molecular weight is 618 g/mol. The van der Waals surface area contributed by atoms with Gasteiger partial charge in [-0.3, -0.25) is 4.79 Å². The highest BCUT2D eigenvalue weighted by Gasteiger charge is 2.30. The van der Waals surface area contributed by atoms with Crippen LogP contribution in [-0.4, -0.2) is 71.5 Å². The predicted octanol–water partition coefficient (Wildman–Crippen LogP) is 5.06. The maximum Gasteiger partial charge on any atom is 0.280 e. The Bertz CT molecular complexity index is 1650. The third kappa shape index (κ3) is 6.36. The molecule has 1 aliphatic heterocycles. The van der Waals surface area contributed by atoms with E-state index in [-0.39, 0.29) is 29.2 Å². The van der Waals surface area contributed by atoms with E-state index < -0.39 is 0 Å². The molecular weight excluding hydrogens is 574 g/mol. The summed E-state index contributed by atoms with van der Waals surface area (Å²) in [6, 6.07) is 5.68. The van der Waals surface area contributed by atoms with E-state index in [4.69, 9.17) is 9.97 Å². The average Bonchev–Trinajstić information content (AvgIpc) is 3.53. The number of aromatic nitrogens is 5. The van der Waals surface area contributed by atoms with Gasteiger partial charge in [-0.1, -0.05) is 38.2 Å². The lowest BCUT2D eigenvalue weighted by Gasteiger charge is -2.34. The summed E-state index contributed by atoms with van der Waals surface area (Å²) < 4.78 is 1.62. The van der Waals surface area contributed by atoms with Gasteiger partial charge in [0.25, 0.3) is 5.91 Å². The Balaban J connectivity index is 1.23. The van der Waals surface area contributed by atoms with Crippen molar-refractivity contribution >= 4 is 27.6 Å². The number of carbonyl (C=O) groups excluding carboxylic acids is 1. The van der Waals surface area contributed by atoms with Crippen LogP contribution in [0.3, 0.4) is 0 Å². The van der Waals surface area contributed by atoms with Gasteiger partial charge >= 0.3 is 0 Å². The van der Waals surface area contributed by atoms with Crippen LogP contribution in [-0.2, 0) is 12.8 Å². The molecule has 0 radical (unpaired) electrons. The first-order valence-corrected chi connectivity index (χ1v) is 16.5. The lowest BCUT2D eigenvalue weighted by molar-refractivity contribution is 0.0795. The van der Waals surface area contributed by atoms with Crippen LogP contribution in [0.1, 0.15) is 90.5 Å². The van der Waals surface area contributed by atoms with Gasteiger partial charge in [-0.05, 0) is 87.0 Å². The summed E-state index contributed by atoms with van der Waals surface area (Å²) in [6.07, 6.45) is 6.85. The van der Waals surface area contributed by atoms with Crippen molar-refractivity contribution in [3.63, 3.8) is 0 Å². The summed E-state index contributed by atoms with van der Waals surface area (Å²) in [7, 11) is 0. The van der Waals surface area contributed by atoms with Crippen molar-refractivity contribution in [2.24, 2.45) is 11.3 Å². The molecule has 2 aliphatic rings. The number of nitrogens with one attached hydrogen (secondary N) is 1. The van der Waals surface area contributed by atoms with Crippen molar-refractivity contribution in [2.75, 3.05) is 19.6 Å². The second-order valence-electron chi connectivity index (χ2n) is 13.5. The number of hydrogen-bond donors (Lipinski definition) is 3. The van der Waals surface area contributed by atoms with Gasteiger partial charge in [0.15, 0.2) is 16.6 Å². The molecule has 3 N–H and O–H groups in total. The van der Waals surface area contributed by atoms with Crippen molar-refractivity contribution in [2.45, 2.75) is 85.3 Å². The van der Waals surface area contributed by atoms with Gasteiger partial charge in [0.05, 0.1) is 17.8 Å². The van der Waals surface area contributed by atoms with Crippen LogP contribution in [0.25, 0.3) is 16.2 Å². The van der Waals surface area contributed by atoms with E-state index in [1.165, 1.54) is 16.9 Å². The Morgan fingerprint density at radius 1 is 1.16 bits per heavy atom. The highest BCUT2D eigenvalue weighted by molar-refractivity contribution is 7.19. The maximum absolute atomic E-state index is 13.7. The molecule has 0 aromatic carbocycles. The molecular formula is C33H43N7O3S. The molecule has 234 valence electrons. The molecule has 4 aromatic rings. The number of rotatable bonds is 7. The molecule has 0 saturated carbocycles. The molecule has 0 spiro atoms. The van der Waals surface area contributed by atoms with Crippen LogP contribution in [0, 0.1) is 25.2 Å². The van der Waals surface area contributed by atoms with E-state index in [9.17, 15) is 15.0 Å². The lowest BCUT2D eigenvalue weighted by atomic mass is 9.71. The first kappa shape index (κ1) is 30.6. The second kappa shape index (κ2) is 12.2. The molecule has 0 bridgehead atoms. The molecule has 2 atom stereocenters. The van der Waals surface area contributed by atoms with Crippen LogP contribution in [0.5, 0.6) is 5.75 Å². The number of piperidine rings is 1. The minimum absolute atomic E-state index is 0.160. The number of aliphatic hydroxyl groups is 1. The molecule has 11 heteroatoms. The van der Waals surface area contributed by atoms with Crippen molar-refractivity contribution in [1.29, 1.82) is 0 Å². The smallest absolute Gasteiger partial charge is 0.280 e.